The van der Waals surface area contributed by atoms with E-state index < -0.39 is 10.1 Å². The predicted octanol–water partition coefficient (Wildman–Crippen LogP) is 4.77. The van der Waals surface area contributed by atoms with Crippen LogP contribution in [0, 0.1) is 12.8 Å². The number of aromatic nitrogens is 1. The van der Waals surface area contributed by atoms with Crippen LogP contribution in [-0.4, -0.2) is 56.3 Å². The van der Waals surface area contributed by atoms with Crippen LogP contribution < -0.4 is 9.50 Å². The Morgan fingerprint density at radius 2 is 1.82 bits per heavy atom. The van der Waals surface area contributed by atoms with Gasteiger partial charge < -0.3 is 18.9 Å². The molecule has 3 aromatic rings. The van der Waals surface area contributed by atoms with Gasteiger partial charge in [-0.3, -0.25) is 4.79 Å². The van der Waals surface area contributed by atoms with Crippen molar-refractivity contribution in [1.29, 1.82) is 0 Å². The maximum Gasteiger partial charge on any atom is 0.306 e. The molecule has 8 nitrogen and oxygen atoms in total. The summed E-state index contributed by atoms with van der Waals surface area (Å²) in [5, 5.41) is 7.18. The molecule has 0 bridgehead atoms. The van der Waals surface area contributed by atoms with Crippen molar-refractivity contribution in [2.24, 2.45) is 5.92 Å². The lowest BCUT2D eigenvalue weighted by atomic mass is 9.84. The quantitative estimate of drug-likeness (QED) is 0.403. The predicted molar refractivity (Wildman–Crippen MR) is 150 cm³/mol. The Labute approximate surface area is 230 Å². The van der Waals surface area contributed by atoms with Gasteiger partial charge in [0.1, 0.15) is 5.75 Å². The number of hydrogen-bond donors (Lipinski definition) is 1. The summed E-state index contributed by atoms with van der Waals surface area (Å²) in [5.41, 5.74) is 4.76. The van der Waals surface area contributed by atoms with Gasteiger partial charge in [-0.05, 0) is 99.7 Å². The lowest BCUT2D eigenvalue weighted by Gasteiger charge is -2.30. The second kappa shape index (κ2) is 11.9. The van der Waals surface area contributed by atoms with Gasteiger partial charge in [0.25, 0.3) is 5.91 Å². The van der Waals surface area contributed by atoms with Crippen LogP contribution in [0.25, 0.3) is 11.3 Å². The highest BCUT2D eigenvalue weighted by atomic mass is 32.2. The summed E-state index contributed by atoms with van der Waals surface area (Å²) >= 11 is 0. The molecular weight excluding hydrogens is 514 g/mol. The molecule has 1 aliphatic heterocycles. The van der Waals surface area contributed by atoms with E-state index in [1.807, 2.05) is 49.4 Å². The average molecular weight is 552 g/mol. The summed E-state index contributed by atoms with van der Waals surface area (Å²) in [6.07, 6.45) is 8.36. The minimum atomic E-state index is -3.52. The molecule has 1 amide bonds. The van der Waals surface area contributed by atoms with Crippen molar-refractivity contribution in [2.45, 2.75) is 57.9 Å². The first kappa shape index (κ1) is 27.4. The fourth-order valence-electron chi connectivity index (χ4n) is 5.74. The highest BCUT2D eigenvalue weighted by molar-refractivity contribution is 7.86. The van der Waals surface area contributed by atoms with E-state index in [0.29, 0.717) is 23.0 Å². The van der Waals surface area contributed by atoms with E-state index in [-0.39, 0.29) is 11.9 Å². The number of rotatable bonds is 8. The topological polar surface area (TPSA) is 102 Å². The summed E-state index contributed by atoms with van der Waals surface area (Å²) < 4.78 is 33.4. The SMILES string of the molecule is Cc1cc(-c2cccc(C(=O)NC3CCC(CCN4CCc5ccc(OS(C)(=O)=O)cc5CC4)CC3)c2)on1. The maximum atomic E-state index is 12.9. The van der Waals surface area contributed by atoms with Crippen molar-refractivity contribution in [2.75, 3.05) is 25.9 Å². The van der Waals surface area contributed by atoms with Crippen LogP contribution >= 0.6 is 0 Å². The number of nitrogens with one attached hydrogen (secondary N) is 1. The Kier molecular flexibility index (Phi) is 8.37. The average Bonchev–Trinajstić information content (AvgIpc) is 3.24. The lowest BCUT2D eigenvalue weighted by molar-refractivity contribution is 0.0920. The largest absolute Gasteiger partial charge is 0.383 e. The Bertz CT molecular complexity index is 1410. The minimum absolute atomic E-state index is 0.0363. The zero-order valence-corrected chi connectivity index (χ0v) is 23.5. The van der Waals surface area contributed by atoms with Gasteiger partial charge in [-0.2, -0.15) is 8.42 Å². The number of benzene rings is 2. The van der Waals surface area contributed by atoms with Crippen LogP contribution in [0.3, 0.4) is 0 Å². The first-order valence-corrected chi connectivity index (χ1v) is 15.6. The van der Waals surface area contributed by atoms with E-state index >= 15 is 0 Å². The van der Waals surface area contributed by atoms with Gasteiger partial charge in [-0.1, -0.05) is 23.4 Å². The number of carbonyl (C=O) groups excluding carboxylic acids is 1. The van der Waals surface area contributed by atoms with E-state index in [1.165, 1.54) is 11.1 Å². The number of hydrogen-bond acceptors (Lipinski definition) is 7. The van der Waals surface area contributed by atoms with E-state index in [1.54, 1.807) is 6.07 Å². The molecule has 0 saturated heterocycles. The maximum absolute atomic E-state index is 12.9. The molecule has 0 spiro atoms. The van der Waals surface area contributed by atoms with Gasteiger partial charge >= 0.3 is 10.1 Å². The number of fused-ring (bicyclic) bond motifs is 1. The van der Waals surface area contributed by atoms with E-state index in [0.717, 1.165) is 82.1 Å². The molecule has 2 heterocycles. The molecule has 0 atom stereocenters. The van der Waals surface area contributed by atoms with Crippen molar-refractivity contribution in [3.63, 3.8) is 0 Å². The molecule has 1 N–H and O–H groups in total. The molecule has 2 aromatic carbocycles. The van der Waals surface area contributed by atoms with Crippen molar-refractivity contribution >= 4 is 16.0 Å². The van der Waals surface area contributed by atoms with Gasteiger partial charge in [-0.25, -0.2) is 0 Å². The Morgan fingerprint density at radius 1 is 1.05 bits per heavy atom. The number of amides is 1. The van der Waals surface area contributed by atoms with Gasteiger partial charge in [-0.15, -0.1) is 0 Å². The van der Waals surface area contributed by atoms with Crippen molar-refractivity contribution < 1.29 is 21.9 Å². The second-order valence-electron chi connectivity index (χ2n) is 11.0. The second-order valence-corrected chi connectivity index (χ2v) is 12.5. The van der Waals surface area contributed by atoms with Gasteiger partial charge in [0.15, 0.2) is 5.76 Å². The zero-order chi connectivity index (χ0) is 27.4. The lowest BCUT2D eigenvalue weighted by Crippen LogP contribution is -2.38. The van der Waals surface area contributed by atoms with Crippen LogP contribution in [0.5, 0.6) is 5.75 Å². The van der Waals surface area contributed by atoms with E-state index in [9.17, 15) is 13.2 Å². The molecule has 5 rings (SSSR count). The highest BCUT2D eigenvalue weighted by Crippen LogP contribution is 2.29. The van der Waals surface area contributed by atoms with Gasteiger partial charge in [0, 0.05) is 36.3 Å². The molecule has 2 aliphatic rings. The molecule has 1 aromatic heterocycles. The van der Waals surface area contributed by atoms with Crippen molar-refractivity contribution in [3.8, 4) is 17.1 Å². The van der Waals surface area contributed by atoms with E-state index in [4.69, 9.17) is 8.71 Å². The first-order valence-electron chi connectivity index (χ1n) is 13.8. The van der Waals surface area contributed by atoms with Crippen molar-refractivity contribution in [3.05, 3.63) is 70.9 Å². The van der Waals surface area contributed by atoms with Gasteiger partial charge in [0.05, 0.1) is 11.9 Å². The summed E-state index contributed by atoms with van der Waals surface area (Å²) in [7, 11) is -3.52. The summed E-state index contributed by atoms with van der Waals surface area (Å²) in [4.78, 5) is 15.5. The molecule has 1 fully saturated rings. The third kappa shape index (κ3) is 7.48. The number of aryl methyl sites for hydroxylation is 1. The molecule has 0 unspecified atom stereocenters. The number of nitrogens with zero attached hydrogens (tertiary/aromatic N) is 2. The summed E-state index contributed by atoms with van der Waals surface area (Å²) in [6, 6.07) is 15.2. The summed E-state index contributed by atoms with van der Waals surface area (Å²) in [6.45, 7) is 4.92. The van der Waals surface area contributed by atoms with E-state index in [2.05, 4.69) is 15.4 Å². The third-order valence-corrected chi connectivity index (χ3v) is 8.39. The fourth-order valence-corrected chi connectivity index (χ4v) is 6.19. The van der Waals surface area contributed by atoms with Crippen LogP contribution in [-0.2, 0) is 23.0 Å². The standard InChI is InChI=1S/C30H37N3O5S/c1-21-18-29(37-32-21)25-4-3-5-26(19-25)30(34)31-27-9-6-22(7-10-27)12-15-33-16-13-23-8-11-28(38-39(2,35)36)20-24(23)14-17-33/h3-5,8,11,18-20,22,27H,6-7,9-10,12-17H2,1-2H3,(H,31,34). The Morgan fingerprint density at radius 3 is 2.54 bits per heavy atom. The van der Waals surface area contributed by atoms with Gasteiger partial charge in [0.2, 0.25) is 0 Å². The monoisotopic (exact) mass is 551 g/mol. The molecular formula is C30H37N3O5S. The Balaban J connectivity index is 1.06. The van der Waals surface area contributed by atoms with Crippen LogP contribution in [0.4, 0.5) is 0 Å². The molecule has 208 valence electrons. The highest BCUT2D eigenvalue weighted by Gasteiger charge is 2.24. The van der Waals surface area contributed by atoms with Crippen LogP contribution in [0.15, 0.2) is 53.1 Å². The fraction of sp³-hybridized carbons (Fsp3) is 0.467. The Hall–Kier alpha value is -3.17. The van der Waals surface area contributed by atoms with Crippen LogP contribution in [0.2, 0.25) is 0 Å². The molecule has 0 radical (unpaired) electrons. The summed E-state index contributed by atoms with van der Waals surface area (Å²) in [5.74, 6) is 1.70. The molecule has 1 aliphatic carbocycles. The third-order valence-electron chi connectivity index (χ3n) is 7.89. The van der Waals surface area contributed by atoms with Crippen molar-refractivity contribution in [1.82, 2.24) is 15.4 Å². The molecule has 9 heteroatoms. The molecule has 1 saturated carbocycles. The first-order chi connectivity index (χ1) is 18.7. The smallest absolute Gasteiger partial charge is 0.306 e. The normalized spacial score (nSPS) is 20.2. The minimum Gasteiger partial charge on any atom is -0.383 e. The number of carbonyl (C=O) groups is 1. The molecule has 39 heavy (non-hydrogen) atoms. The zero-order valence-electron chi connectivity index (χ0n) is 22.7. The van der Waals surface area contributed by atoms with Crippen LogP contribution in [0.1, 0.15) is 59.3 Å².